The smallest absolute Gasteiger partial charge is 0.294 e. The van der Waals surface area contributed by atoms with Crippen LogP contribution in [-0.2, 0) is 17.8 Å². The zero-order valence-electron chi connectivity index (χ0n) is 16.9. The lowest BCUT2D eigenvalue weighted by atomic mass is 10.1. The summed E-state index contributed by atoms with van der Waals surface area (Å²) in [6, 6.07) is 4.26. The molecule has 1 aliphatic heterocycles. The Kier molecular flexibility index (Phi) is 5.18. The SMILES string of the molecule is CCC1(NC(=O)C(=O)c2c(Cl)c(C(=O)Nc3ccc(F)c(C)c3)c3n2CCC3)CC1. The van der Waals surface area contributed by atoms with E-state index in [2.05, 4.69) is 10.6 Å². The van der Waals surface area contributed by atoms with Gasteiger partial charge in [-0.3, -0.25) is 14.4 Å². The summed E-state index contributed by atoms with van der Waals surface area (Å²) in [4.78, 5) is 38.5. The van der Waals surface area contributed by atoms with E-state index in [1.807, 2.05) is 6.92 Å². The summed E-state index contributed by atoms with van der Waals surface area (Å²) in [5.41, 5.74) is 1.44. The van der Waals surface area contributed by atoms with E-state index in [0.717, 1.165) is 25.7 Å². The van der Waals surface area contributed by atoms with Crippen LogP contribution in [0.4, 0.5) is 10.1 Å². The van der Waals surface area contributed by atoms with Crippen LogP contribution in [0.2, 0.25) is 5.02 Å². The Morgan fingerprint density at radius 3 is 2.63 bits per heavy atom. The Bertz CT molecular complexity index is 1070. The van der Waals surface area contributed by atoms with Crippen molar-refractivity contribution in [2.45, 2.75) is 58.0 Å². The molecule has 0 atom stereocenters. The first-order valence-electron chi connectivity index (χ1n) is 10.1. The van der Waals surface area contributed by atoms with Crippen molar-refractivity contribution in [3.63, 3.8) is 0 Å². The van der Waals surface area contributed by atoms with Crippen LogP contribution in [-0.4, -0.2) is 27.7 Å². The number of anilines is 1. The maximum atomic E-state index is 13.5. The monoisotopic (exact) mass is 431 g/mol. The van der Waals surface area contributed by atoms with Crippen LogP contribution in [0.1, 0.15) is 64.7 Å². The number of ketones is 1. The lowest BCUT2D eigenvalue weighted by Gasteiger charge is -2.14. The van der Waals surface area contributed by atoms with Gasteiger partial charge in [-0.05, 0) is 62.8 Å². The van der Waals surface area contributed by atoms with Crippen LogP contribution in [0.3, 0.4) is 0 Å². The molecule has 2 aromatic rings. The Morgan fingerprint density at radius 2 is 2.00 bits per heavy atom. The summed E-state index contributed by atoms with van der Waals surface area (Å²) < 4.78 is 15.2. The molecule has 1 aliphatic carbocycles. The molecular formula is C22H23ClFN3O3. The molecule has 2 N–H and O–H groups in total. The highest BCUT2D eigenvalue weighted by molar-refractivity contribution is 6.48. The van der Waals surface area contributed by atoms with Crippen molar-refractivity contribution < 1.29 is 18.8 Å². The first-order chi connectivity index (χ1) is 14.3. The lowest BCUT2D eigenvalue weighted by molar-refractivity contribution is -0.118. The molecule has 0 radical (unpaired) electrons. The molecule has 4 rings (SSSR count). The second-order valence-electron chi connectivity index (χ2n) is 8.07. The van der Waals surface area contributed by atoms with Crippen LogP contribution in [0.5, 0.6) is 0 Å². The Balaban J connectivity index is 1.63. The zero-order valence-corrected chi connectivity index (χ0v) is 17.7. The Labute approximate surface area is 178 Å². The highest BCUT2D eigenvalue weighted by Gasteiger charge is 2.44. The van der Waals surface area contributed by atoms with Gasteiger partial charge in [-0.25, -0.2) is 4.39 Å². The number of Topliss-reactive ketones (excluding diaryl/α,β-unsaturated/α-hetero) is 1. The summed E-state index contributed by atoms with van der Waals surface area (Å²) in [5, 5.41) is 5.54. The molecule has 1 aromatic heterocycles. The molecule has 0 bridgehead atoms. The maximum Gasteiger partial charge on any atom is 0.294 e. The van der Waals surface area contributed by atoms with E-state index in [4.69, 9.17) is 11.6 Å². The molecule has 2 heterocycles. The standard InChI is InChI=1S/C22H23ClFN3O3/c1-3-22(8-9-22)26-21(30)19(28)18-17(23)16(15-5-4-10-27(15)18)20(29)25-13-6-7-14(24)12(2)11-13/h6-7,11H,3-5,8-10H2,1-2H3,(H,25,29)(H,26,30). The molecule has 1 aromatic carbocycles. The number of fused-ring (bicyclic) bond motifs is 1. The molecule has 0 unspecified atom stereocenters. The minimum atomic E-state index is -0.723. The van der Waals surface area contributed by atoms with Crippen molar-refractivity contribution in [2.24, 2.45) is 0 Å². The average molecular weight is 432 g/mol. The summed E-state index contributed by atoms with van der Waals surface area (Å²) in [7, 11) is 0. The van der Waals surface area contributed by atoms with Crippen molar-refractivity contribution in [1.82, 2.24) is 9.88 Å². The van der Waals surface area contributed by atoms with Gasteiger partial charge >= 0.3 is 0 Å². The number of halogens is 2. The topological polar surface area (TPSA) is 80.2 Å². The van der Waals surface area contributed by atoms with E-state index < -0.39 is 17.6 Å². The molecule has 8 heteroatoms. The molecule has 30 heavy (non-hydrogen) atoms. The summed E-state index contributed by atoms with van der Waals surface area (Å²) >= 11 is 6.48. The van der Waals surface area contributed by atoms with Crippen molar-refractivity contribution in [3.8, 4) is 0 Å². The second kappa shape index (κ2) is 7.54. The number of hydrogen-bond donors (Lipinski definition) is 2. The van der Waals surface area contributed by atoms with Crippen LogP contribution in [0.15, 0.2) is 18.2 Å². The van der Waals surface area contributed by atoms with E-state index in [-0.39, 0.29) is 27.6 Å². The third kappa shape index (κ3) is 3.51. The molecule has 1 saturated carbocycles. The van der Waals surface area contributed by atoms with E-state index in [1.54, 1.807) is 11.5 Å². The van der Waals surface area contributed by atoms with Gasteiger partial charge in [0.05, 0.1) is 10.6 Å². The predicted octanol–water partition coefficient (Wildman–Crippen LogP) is 4.03. The van der Waals surface area contributed by atoms with E-state index in [1.165, 1.54) is 18.2 Å². The van der Waals surface area contributed by atoms with Gasteiger partial charge < -0.3 is 15.2 Å². The minimum absolute atomic E-state index is 0.0115. The van der Waals surface area contributed by atoms with Gasteiger partial charge in [0.15, 0.2) is 0 Å². The summed E-state index contributed by atoms with van der Waals surface area (Å²) in [6.07, 6.45) is 3.80. The van der Waals surface area contributed by atoms with Crippen molar-refractivity contribution in [2.75, 3.05) is 5.32 Å². The number of benzene rings is 1. The van der Waals surface area contributed by atoms with Gasteiger partial charge in [0.1, 0.15) is 11.5 Å². The molecule has 2 aliphatic rings. The number of amides is 2. The Hall–Kier alpha value is -2.67. The van der Waals surface area contributed by atoms with E-state index in [0.29, 0.717) is 29.9 Å². The van der Waals surface area contributed by atoms with E-state index >= 15 is 0 Å². The minimum Gasteiger partial charge on any atom is -0.344 e. The van der Waals surface area contributed by atoms with Crippen LogP contribution < -0.4 is 10.6 Å². The number of aryl methyl sites for hydroxylation is 1. The second-order valence-corrected chi connectivity index (χ2v) is 8.45. The number of aromatic nitrogens is 1. The molecule has 6 nitrogen and oxygen atoms in total. The maximum absolute atomic E-state index is 13.5. The van der Waals surface area contributed by atoms with Gasteiger partial charge in [0.25, 0.3) is 17.6 Å². The lowest BCUT2D eigenvalue weighted by Crippen LogP contribution is -2.41. The fourth-order valence-electron chi connectivity index (χ4n) is 4.04. The van der Waals surface area contributed by atoms with Gasteiger partial charge in [-0.15, -0.1) is 0 Å². The zero-order chi connectivity index (χ0) is 21.6. The van der Waals surface area contributed by atoms with Gasteiger partial charge in [0, 0.05) is 23.5 Å². The third-order valence-electron chi connectivity index (χ3n) is 6.08. The summed E-state index contributed by atoms with van der Waals surface area (Å²) in [5.74, 6) is -2.26. The van der Waals surface area contributed by atoms with Crippen LogP contribution in [0, 0.1) is 12.7 Å². The average Bonchev–Trinajstić information content (AvgIpc) is 3.22. The number of hydrogen-bond acceptors (Lipinski definition) is 3. The number of nitrogens with zero attached hydrogens (tertiary/aromatic N) is 1. The quantitative estimate of drug-likeness (QED) is 0.535. The number of carbonyl (C=O) groups is 3. The fraction of sp³-hybridized carbons (Fsp3) is 0.409. The van der Waals surface area contributed by atoms with Crippen molar-refractivity contribution in [3.05, 3.63) is 51.6 Å². The highest BCUT2D eigenvalue weighted by Crippen LogP contribution is 2.39. The number of carbonyl (C=O) groups excluding carboxylic acids is 3. The molecule has 2 amide bonds. The highest BCUT2D eigenvalue weighted by atomic mass is 35.5. The van der Waals surface area contributed by atoms with Gasteiger partial charge in [-0.1, -0.05) is 18.5 Å². The first kappa shape index (κ1) is 20.6. The van der Waals surface area contributed by atoms with Crippen LogP contribution in [0.25, 0.3) is 0 Å². The van der Waals surface area contributed by atoms with Crippen molar-refractivity contribution in [1.29, 1.82) is 0 Å². The first-order valence-corrected chi connectivity index (χ1v) is 10.5. The third-order valence-corrected chi connectivity index (χ3v) is 6.45. The number of rotatable bonds is 6. The van der Waals surface area contributed by atoms with E-state index in [9.17, 15) is 18.8 Å². The molecule has 0 saturated heterocycles. The largest absolute Gasteiger partial charge is 0.344 e. The predicted molar refractivity (Wildman–Crippen MR) is 112 cm³/mol. The molecule has 1 fully saturated rings. The van der Waals surface area contributed by atoms with Crippen molar-refractivity contribution >= 4 is 34.9 Å². The Morgan fingerprint density at radius 1 is 1.27 bits per heavy atom. The number of nitrogens with one attached hydrogen (secondary N) is 2. The molecular weight excluding hydrogens is 409 g/mol. The normalized spacial score (nSPS) is 16.1. The molecule has 158 valence electrons. The van der Waals surface area contributed by atoms with Gasteiger partial charge in [-0.2, -0.15) is 0 Å². The molecule has 0 spiro atoms. The summed E-state index contributed by atoms with van der Waals surface area (Å²) in [6.45, 7) is 4.09. The van der Waals surface area contributed by atoms with Gasteiger partial charge in [0.2, 0.25) is 0 Å². The van der Waals surface area contributed by atoms with Crippen LogP contribution >= 0.6 is 11.6 Å². The fourth-order valence-corrected chi connectivity index (χ4v) is 4.42.